The molecule has 1 aliphatic rings. The van der Waals surface area contributed by atoms with Crippen LogP contribution >= 0.6 is 0 Å². The number of carbonyl (C=O) groups is 1. The quantitative estimate of drug-likeness (QED) is 0.362. The van der Waals surface area contributed by atoms with Crippen LogP contribution in [0.1, 0.15) is 25.0 Å². The third kappa shape index (κ3) is 3.96. The molecule has 0 bridgehead atoms. The van der Waals surface area contributed by atoms with Crippen molar-refractivity contribution in [3.8, 4) is 5.75 Å². The molecule has 1 aromatic heterocycles. The summed E-state index contributed by atoms with van der Waals surface area (Å²) in [5.41, 5.74) is 0.293. The van der Waals surface area contributed by atoms with Crippen molar-refractivity contribution in [1.29, 1.82) is 0 Å². The van der Waals surface area contributed by atoms with Crippen LogP contribution in [0.15, 0.2) is 57.8 Å². The molecule has 0 spiro atoms. The second-order valence-corrected chi connectivity index (χ2v) is 7.59. The van der Waals surface area contributed by atoms with Crippen LogP contribution in [-0.2, 0) is 16.0 Å². The molecule has 3 aromatic rings. The Bertz CT molecular complexity index is 1230. The molecular weight excluding hydrogens is 394 g/mol. The van der Waals surface area contributed by atoms with Gasteiger partial charge in [-0.05, 0) is 55.3 Å². The number of halogens is 2. The van der Waals surface area contributed by atoms with Crippen LogP contribution in [0.3, 0.4) is 0 Å². The minimum absolute atomic E-state index is 0.336. The van der Waals surface area contributed by atoms with E-state index in [2.05, 4.69) is 0 Å². The van der Waals surface area contributed by atoms with Gasteiger partial charge in [0.05, 0.1) is 0 Å². The lowest BCUT2D eigenvalue weighted by Gasteiger charge is -2.39. The summed E-state index contributed by atoms with van der Waals surface area (Å²) in [6.07, 6.45) is 2.33. The van der Waals surface area contributed by atoms with Gasteiger partial charge >= 0.3 is 11.6 Å². The summed E-state index contributed by atoms with van der Waals surface area (Å²) in [7, 11) is 0. The normalized spacial score (nSPS) is 17.5. The first-order valence-electron chi connectivity index (χ1n) is 9.31. The first-order chi connectivity index (χ1) is 14.2. The lowest BCUT2D eigenvalue weighted by Crippen LogP contribution is -2.48. The van der Waals surface area contributed by atoms with Gasteiger partial charge in [-0.1, -0.05) is 6.07 Å². The molecule has 30 heavy (non-hydrogen) atoms. The number of hydrogen-bond donors (Lipinski definition) is 0. The third-order valence-corrected chi connectivity index (χ3v) is 4.97. The molecule has 1 aliphatic heterocycles. The summed E-state index contributed by atoms with van der Waals surface area (Å²) in [6, 6.07) is 9.83. The first kappa shape index (κ1) is 19.8. The van der Waals surface area contributed by atoms with Gasteiger partial charge in [0.25, 0.3) is 0 Å². The Kier molecular flexibility index (Phi) is 4.89. The third-order valence-electron chi connectivity index (χ3n) is 4.97. The molecule has 0 saturated heterocycles. The maximum atomic E-state index is 13.3. The van der Waals surface area contributed by atoms with E-state index in [1.165, 1.54) is 18.2 Å². The van der Waals surface area contributed by atoms with Crippen LogP contribution in [0, 0.1) is 11.6 Å². The lowest BCUT2D eigenvalue weighted by atomic mass is 9.90. The number of esters is 1. The SMILES string of the molecule is CC1(C)Oc2cc3oc(=O)ccc3cc2C[C@@H]1OC(=O)/C=C/c1ccc(F)c(F)c1. The molecule has 0 N–H and O–H groups in total. The molecule has 0 amide bonds. The molecule has 0 radical (unpaired) electrons. The van der Waals surface area contributed by atoms with Gasteiger partial charge in [-0.3, -0.25) is 0 Å². The summed E-state index contributed by atoms with van der Waals surface area (Å²) in [5.74, 6) is -2.02. The number of hydrogen-bond acceptors (Lipinski definition) is 5. The van der Waals surface area contributed by atoms with E-state index < -0.39 is 34.9 Å². The fourth-order valence-corrected chi connectivity index (χ4v) is 3.34. The van der Waals surface area contributed by atoms with Crippen molar-refractivity contribution in [3.05, 3.63) is 81.7 Å². The molecule has 2 heterocycles. The van der Waals surface area contributed by atoms with Crippen molar-refractivity contribution in [3.63, 3.8) is 0 Å². The fourth-order valence-electron chi connectivity index (χ4n) is 3.34. The van der Waals surface area contributed by atoms with E-state index in [1.54, 1.807) is 26.0 Å². The van der Waals surface area contributed by atoms with E-state index >= 15 is 0 Å². The van der Waals surface area contributed by atoms with Crippen LogP contribution in [0.5, 0.6) is 5.75 Å². The molecule has 7 heteroatoms. The van der Waals surface area contributed by atoms with Crippen LogP contribution < -0.4 is 10.4 Å². The van der Waals surface area contributed by atoms with Crippen molar-refractivity contribution in [2.24, 2.45) is 0 Å². The molecule has 4 rings (SSSR count). The maximum Gasteiger partial charge on any atom is 0.336 e. The van der Waals surface area contributed by atoms with Gasteiger partial charge in [-0.25, -0.2) is 18.4 Å². The number of benzene rings is 2. The molecule has 0 saturated carbocycles. The second-order valence-electron chi connectivity index (χ2n) is 7.59. The van der Waals surface area contributed by atoms with E-state index in [9.17, 15) is 18.4 Å². The Balaban J connectivity index is 1.54. The van der Waals surface area contributed by atoms with Gasteiger partial charge in [0.2, 0.25) is 0 Å². The van der Waals surface area contributed by atoms with E-state index in [1.807, 2.05) is 6.07 Å². The first-order valence-corrected chi connectivity index (χ1v) is 9.31. The summed E-state index contributed by atoms with van der Waals surface area (Å²) in [6.45, 7) is 3.58. The summed E-state index contributed by atoms with van der Waals surface area (Å²) >= 11 is 0. The zero-order valence-electron chi connectivity index (χ0n) is 16.3. The largest absolute Gasteiger partial charge is 0.484 e. The average Bonchev–Trinajstić information content (AvgIpc) is 2.68. The van der Waals surface area contributed by atoms with Crippen LogP contribution in [0.25, 0.3) is 17.0 Å². The Morgan fingerprint density at radius 3 is 2.70 bits per heavy atom. The molecule has 2 aromatic carbocycles. The Morgan fingerprint density at radius 2 is 1.93 bits per heavy atom. The molecule has 0 aliphatic carbocycles. The monoisotopic (exact) mass is 412 g/mol. The van der Waals surface area contributed by atoms with Crippen LogP contribution in [0.4, 0.5) is 8.78 Å². The zero-order valence-corrected chi connectivity index (χ0v) is 16.3. The highest BCUT2D eigenvalue weighted by atomic mass is 19.2. The zero-order chi connectivity index (χ0) is 21.5. The van der Waals surface area contributed by atoms with E-state index in [0.29, 0.717) is 23.3 Å². The Hall–Kier alpha value is -3.48. The van der Waals surface area contributed by atoms with Gasteiger partial charge in [-0.15, -0.1) is 0 Å². The lowest BCUT2D eigenvalue weighted by molar-refractivity contribution is -0.155. The summed E-state index contributed by atoms with van der Waals surface area (Å²) in [4.78, 5) is 23.7. The highest BCUT2D eigenvalue weighted by Gasteiger charge is 2.39. The standard InChI is InChI=1S/C23H18F2O5/c1-23(2)20(29-22(27)7-4-13-3-6-16(24)17(25)9-13)11-15-10-14-5-8-21(26)28-18(14)12-19(15)30-23/h3-10,12,20H,11H2,1-2H3/b7-4+/t20-/m0/s1. The predicted octanol–water partition coefficient (Wildman–Crippen LogP) is 4.41. The second kappa shape index (κ2) is 7.40. The van der Waals surface area contributed by atoms with Gasteiger partial charge in [0.15, 0.2) is 11.6 Å². The number of rotatable bonds is 3. The topological polar surface area (TPSA) is 65.7 Å². The van der Waals surface area contributed by atoms with Gasteiger partial charge in [0, 0.05) is 30.0 Å². The highest BCUT2D eigenvalue weighted by Crippen LogP contribution is 2.37. The number of ether oxygens (including phenoxy) is 2. The molecule has 1 atom stereocenters. The van der Waals surface area contributed by atoms with Crippen molar-refractivity contribution >= 4 is 23.0 Å². The molecule has 5 nitrogen and oxygen atoms in total. The number of carbonyl (C=O) groups excluding carboxylic acids is 1. The molecular formula is C23H18F2O5. The minimum atomic E-state index is -0.994. The number of fused-ring (bicyclic) bond motifs is 2. The molecule has 154 valence electrons. The van der Waals surface area contributed by atoms with Crippen LogP contribution in [0.2, 0.25) is 0 Å². The van der Waals surface area contributed by atoms with Crippen molar-refractivity contribution in [2.45, 2.75) is 32.0 Å². The Labute approximate surface area is 170 Å². The van der Waals surface area contributed by atoms with Gasteiger partial charge in [-0.2, -0.15) is 0 Å². The fraction of sp³-hybridized carbons (Fsp3) is 0.217. The predicted molar refractivity (Wildman–Crippen MR) is 106 cm³/mol. The molecule has 0 fully saturated rings. The molecule has 0 unspecified atom stereocenters. The van der Waals surface area contributed by atoms with Gasteiger partial charge in [0.1, 0.15) is 23.0 Å². The van der Waals surface area contributed by atoms with E-state index in [0.717, 1.165) is 29.2 Å². The van der Waals surface area contributed by atoms with Crippen molar-refractivity contribution in [2.75, 3.05) is 0 Å². The van der Waals surface area contributed by atoms with E-state index in [-0.39, 0.29) is 0 Å². The van der Waals surface area contributed by atoms with E-state index in [4.69, 9.17) is 13.9 Å². The van der Waals surface area contributed by atoms with Crippen LogP contribution in [-0.4, -0.2) is 17.7 Å². The average molecular weight is 412 g/mol. The summed E-state index contributed by atoms with van der Waals surface area (Å²) in [5, 5.41) is 0.736. The van der Waals surface area contributed by atoms with Gasteiger partial charge < -0.3 is 13.9 Å². The summed E-state index contributed by atoms with van der Waals surface area (Å²) < 4.78 is 43.1. The van der Waals surface area contributed by atoms with Crippen molar-refractivity contribution in [1.82, 2.24) is 0 Å². The van der Waals surface area contributed by atoms with Crippen molar-refractivity contribution < 1.29 is 27.5 Å². The highest BCUT2D eigenvalue weighted by molar-refractivity contribution is 5.87. The smallest absolute Gasteiger partial charge is 0.336 e. The minimum Gasteiger partial charge on any atom is -0.484 e. The maximum absolute atomic E-state index is 13.3. The Morgan fingerprint density at radius 1 is 1.13 bits per heavy atom.